The van der Waals surface area contributed by atoms with Gasteiger partial charge in [-0.1, -0.05) is 101 Å². The van der Waals surface area contributed by atoms with Crippen molar-refractivity contribution in [2.45, 2.75) is 85.5 Å². The summed E-state index contributed by atoms with van der Waals surface area (Å²) in [6.45, 7) is 9.17. The first-order valence-corrected chi connectivity index (χ1v) is 20.9. The van der Waals surface area contributed by atoms with Crippen molar-refractivity contribution in [2.75, 3.05) is 9.71 Å². The van der Waals surface area contributed by atoms with Gasteiger partial charge in [-0.05, 0) is 139 Å². The van der Waals surface area contributed by atoms with Crippen molar-refractivity contribution >= 4 is 77.7 Å². The maximum Gasteiger partial charge on any atom is 0.333 e. The molecule has 0 saturated heterocycles. The quantitative estimate of drug-likeness (QED) is 0.123. The normalized spacial score (nSPS) is 13.1. The topological polar surface area (TPSA) is 6.48 Å². The molecule has 0 atom stereocenters. The number of anilines is 5. The number of thiophene rings is 1. The van der Waals surface area contributed by atoms with Crippen LogP contribution in [0.25, 0.3) is 31.3 Å². The van der Waals surface area contributed by atoms with Crippen LogP contribution < -0.4 is 20.6 Å². The molecule has 264 valence electrons. The minimum absolute atomic E-state index is 0.0357. The highest BCUT2D eigenvalue weighted by Gasteiger charge is 2.45. The van der Waals surface area contributed by atoms with E-state index >= 15 is 0 Å². The van der Waals surface area contributed by atoms with Crippen molar-refractivity contribution in [3.8, 4) is 11.1 Å². The van der Waals surface area contributed by atoms with Gasteiger partial charge in [0.1, 0.15) is 0 Å². The number of unbranched alkanes of at least 4 members (excludes halogenated alkanes) is 3. The van der Waals surface area contributed by atoms with Crippen LogP contribution in [0.2, 0.25) is 0 Å². The van der Waals surface area contributed by atoms with Gasteiger partial charge in [0, 0.05) is 54.2 Å². The third kappa shape index (κ3) is 5.96. The van der Waals surface area contributed by atoms with Gasteiger partial charge >= 0.3 is 6.85 Å². The second-order valence-electron chi connectivity index (χ2n) is 15.4. The maximum absolute atomic E-state index is 2.69. The molecule has 0 amide bonds. The van der Waals surface area contributed by atoms with Gasteiger partial charge in [-0.2, -0.15) is 0 Å². The standard InChI is InChI=1S/C49H49BN2S/c1-5-8-13-34-18-23-37(24-19-34)51-44-27-22-36(15-10-7-3)30-43(44)50-49-42(28-33(4)29-46(49)51)40-32-48-41(39-16-11-12-17-47(39)53-48)31-45(40)52(50)38-25-20-35(21-26-38)14-9-6-2/h11-12,16-32H,5-10,13-15H2,1-4H3. The van der Waals surface area contributed by atoms with Crippen molar-refractivity contribution in [3.05, 3.63) is 138 Å². The third-order valence-corrected chi connectivity index (χ3v) is 12.7. The first kappa shape index (κ1) is 34.0. The summed E-state index contributed by atoms with van der Waals surface area (Å²) in [7, 11) is 0. The highest BCUT2D eigenvalue weighted by Crippen LogP contribution is 2.49. The molecule has 0 radical (unpaired) electrons. The second kappa shape index (κ2) is 14.2. The van der Waals surface area contributed by atoms with Gasteiger partial charge in [-0.3, -0.25) is 0 Å². The Balaban J connectivity index is 1.33. The van der Waals surface area contributed by atoms with Crippen molar-refractivity contribution < 1.29 is 0 Å². The summed E-state index contributed by atoms with van der Waals surface area (Å²) in [6, 6.07) is 45.2. The zero-order chi connectivity index (χ0) is 36.1. The van der Waals surface area contributed by atoms with Crippen molar-refractivity contribution in [1.82, 2.24) is 0 Å². The Labute approximate surface area is 320 Å². The van der Waals surface area contributed by atoms with E-state index < -0.39 is 0 Å². The molecular weight excluding hydrogens is 659 g/mol. The molecule has 2 aliphatic rings. The van der Waals surface area contributed by atoms with Crippen molar-refractivity contribution in [2.24, 2.45) is 0 Å². The van der Waals surface area contributed by atoms with Crippen LogP contribution in [0.3, 0.4) is 0 Å². The van der Waals surface area contributed by atoms with E-state index in [4.69, 9.17) is 0 Å². The first-order chi connectivity index (χ1) is 26.1. The second-order valence-corrected chi connectivity index (χ2v) is 16.4. The van der Waals surface area contributed by atoms with Crippen LogP contribution in [-0.4, -0.2) is 6.85 Å². The molecule has 3 heterocycles. The van der Waals surface area contributed by atoms with Gasteiger partial charge in [-0.15, -0.1) is 11.3 Å². The molecule has 4 heteroatoms. The van der Waals surface area contributed by atoms with Crippen LogP contribution >= 0.6 is 11.3 Å². The van der Waals surface area contributed by atoms with E-state index in [-0.39, 0.29) is 6.85 Å². The molecule has 0 unspecified atom stereocenters. The molecule has 7 aromatic rings. The summed E-state index contributed by atoms with van der Waals surface area (Å²) in [5.41, 5.74) is 17.4. The summed E-state index contributed by atoms with van der Waals surface area (Å²) >= 11 is 1.92. The fraction of sp³-hybridized carbons (Fsp3) is 0.265. The molecular formula is C49H49BN2S. The molecule has 6 aromatic carbocycles. The zero-order valence-corrected chi connectivity index (χ0v) is 32.5. The van der Waals surface area contributed by atoms with Gasteiger partial charge in [0.25, 0.3) is 0 Å². The number of benzene rings is 6. The Morgan fingerprint density at radius 3 is 1.87 bits per heavy atom. The predicted octanol–water partition coefficient (Wildman–Crippen LogP) is 13.1. The molecule has 0 saturated carbocycles. The van der Waals surface area contributed by atoms with E-state index in [1.54, 1.807) is 0 Å². The molecule has 53 heavy (non-hydrogen) atoms. The van der Waals surface area contributed by atoms with E-state index in [1.165, 1.54) is 131 Å². The van der Waals surface area contributed by atoms with Gasteiger partial charge in [0.15, 0.2) is 0 Å². The summed E-state index contributed by atoms with van der Waals surface area (Å²) in [4.78, 5) is 5.26. The SMILES string of the molecule is CCCCc1ccc(N2B3c4cc(CCCC)ccc4N(c4ccc(CCCC)cc4)c4cc(C)cc(c43)-c3cc4sc5ccccc5c4cc32)cc1. The molecule has 2 nitrogen and oxygen atoms in total. The van der Waals surface area contributed by atoms with Crippen LogP contribution in [0.4, 0.5) is 28.4 Å². The zero-order valence-electron chi connectivity index (χ0n) is 31.7. The van der Waals surface area contributed by atoms with E-state index in [0.29, 0.717) is 0 Å². The number of hydrogen-bond donors (Lipinski definition) is 0. The largest absolute Gasteiger partial charge is 0.376 e. The fourth-order valence-electron chi connectivity index (χ4n) is 8.87. The van der Waals surface area contributed by atoms with E-state index in [1.807, 2.05) is 11.3 Å². The summed E-state index contributed by atoms with van der Waals surface area (Å²) in [5, 5.41) is 2.70. The highest BCUT2D eigenvalue weighted by molar-refractivity contribution is 7.25. The molecule has 9 rings (SSSR count). The lowest BCUT2D eigenvalue weighted by atomic mass is 9.43. The van der Waals surface area contributed by atoms with Gasteiger partial charge < -0.3 is 9.71 Å². The molecule has 0 fully saturated rings. The minimum Gasteiger partial charge on any atom is -0.376 e. The monoisotopic (exact) mass is 708 g/mol. The summed E-state index contributed by atoms with van der Waals surface area (Å²) < 4.78 is 2.70. The lowest BCUT2D eigenvalue weighted by Crippen LogP contribution is -2.61. The van der Waals surface area contributed by atoms with Gasteiger partial charge in [0.05, 0.1) is 0 Å². The molecule has 2 aliphatic heterocycles. The molecule has 1 aromatic heterocycles. The Morgan fingerprint density at radius 2 is 1.17 bits per heavy atom. The number of nitrogens with zero attached hydrogens (tertiary/aromatic N) is 2. The fourth-order valence-corrected chi connectivity index (χ4v) is 9.99. The number of hydrogen-bond acceptors (Lipinski definition) is 3. The first-order valence-electron chi connectivity index (χ1n) is 20.1. The van der Waals surface area contributed by atoms with Crippen LogP contribution in [0, 0.1) is 6.92 Å². The van der Waals surface area contributed by atoms with E-state index in [2.05, 4.69) is 153 Å². The van der Waals surface area contributed by atoms with Crippen molar-refractivity contribution in [1.29, 1.82) is 0 Å². The Kier molecular flexibility index (Phi) is 9.12. The molecule has 0 N–H and O–H groups in total. The Bertz CT molecular complexity index is 2440. The van der Waals surface area contributed by atoms with Crippen molar-refractivity contribution in [3.63, 3.8) is 0 Å². The number of fused-ring (bicyclic) bond motifs is 7. The number of aryl methyl sites for hydroxylation is 4. The van der Waals surface area contributed by atoms with Gasteiger partial charge in [0.2, 0.25) is 0 Å². The molecule has 0 spiro atoms. The van der Waals surface area contributed by atoms with Crippen LogP contribution in [0.1, 0.15) is 81.5 Å². The molecule has 0 bridgehead atoms. The predicted molar refractivity (Wildman–Crippen MR) is 234 cm³/mol. The Hall–Kier alpha value is -4.80. The van der Waals surface area contributed by atoms with Gasteiger partial charge in [-0.25, -0.2) is 0 Å². The van der Waals surface area contributed by atoms with Crippen LogP contribution in [0.5, 0.6) is 0 Å². The summed E-state index contributed by atoms with van der Waals surface area (Å²) in [5.74, 6) is 0. The van der Waals surface area contributed by atoms with Crippen LogP contribution in [-0.2, 0) is 19.3 Å². The third-order valence-electron chi connectivity index (χ3n) is 11.6. The average molecular weight is 709 g/mol. The lowest BCUT2D eigenvalue weighted by molar-refractivity contribution is 0.795. The molecule has 0 aliphatic carbocycles. The smallest absolute Gasteiger partial charge is 0.333 e. The van der Waals surface area contributed by atoms with E-state index in [0.717, 1.165) is 19.3 Å². The lowest BCUT2D eigenvalue weighted by Gasteiger charge is -2.46. The Morgan fingerprint density at radius 1 is 0.528 bits per heavy atom. The summed E-state index contributed by atoms with van der Waals surface area (Å²) in [6.07, 6.45) is 10.6. The maximum atomic E-state index is 2.69. The van der Waals surface area contributed by atoms with Crippen LogP contribution in [0.15, 0.2) is 115 Å². The highest BCUT2D eigenvalue weighted by atomic mass is 32.1. The number of rotatable bonds is 11. The average Bonchev–Trinajstić information content (AvgIpc) is 3.56. The van der Waals surface area contributed by atoms with E-state index in [9.17, 15) is 0 Å². The minimum atomic E-state index is 0.0357.